The molecule has 1 fully saturated rings. The Morgan fingerprint density at radius 1 is 1.50 bits per heavy atom. The number of benzene rings is 1. The van der Waals surface area contributed by atoms with E-state index in [9.17, 15) is 4.79 Å². The van der Waals surface area contributed by atoms with Crippen molar-refractivity contribution in [3.05, 3.63) is 34.9 Å². The molecule has 16 heavy (non-hydrogen) atoms. The van der Waals surface area contributed by atoms with Gasteiger partial charge in [0.25, 0.3) is 0 Å². The Labute approximate surface area is 105 Å². The van der Waals surface area contributed by atoms with Gasteiger partial charge >= 0.3 is 0 Å². The Hall–Kier alpha value is -0.510. The normalized spacial score (nSPS) is 21.2. The average molecular weight is 256 g/mol. The first-order valence-corrected chi connectivity index (χ1v) is 6.80. The molecule has 0 spiro atoms. The molecule has 0 N–H and O–H groups in total. The van der Waals surface area contributed by atoms with E-state index in [2.05, 4.69) is 11.8 Å². The first kappa shape index (κ1) is 12.0. The highest BCUT2D eigenvalue weighted by atomic mass is 35.5. The summed E-state index contributed by atoms with van der Waals surface area (Å²) < 4.78 is 0. The molecule has 0 aromatic heterocycles. The van der Waals surface area contributed by atoms with E-state index in [-0.39, 0.29) is 11.2 Å². The number of hydrogen-bond acceptors (Lipinski definition) is 3. The third-order valence-corrected chi connectivity index (χ3v) is 4.24. The summed E-state index contributed by atoms with van der Waals surface area (Å²) in [5.74, 6) is 1.23. The molecule has 2 rings (SSSR count). The van der Waals surface area contributed by atoms with E-state index in [0.717, 1.165) is 24.4 Å². The van der Waals surface area contributed by atoms with Gasteiger partial charge < -0.3 is 0 Å². The summed E-state index contributed by atoms with van der Waals surface area (Å²) in [4.78, 5) is 14.4. The van der Waals surface area contributed by atoms with Gasteiger partial charge in [-0.1, -0.05) is 18.5 Å². The van der Waals surface area contributed by atoms with Gasteiger partial charge in [-0.05, 0) is 30.8 Å². The Bertz CT molecular complexity index is 379. The van der Waals surface area contributed by atoms with E-state index in [1.807, 2.05) is 0 Å². The minimum atomic E-state index is -0.00817. The van der Waals surface area contributed by atoms with Gasteiger partial charge in [0.05, 0.1) is 0 Å². The first-order chi connectivity index (χ1) is 7.72. The fourth-order valence-corrected chi connectivity index (χ4v) is 3.27. The third-order valence-electron chi connectivity index (χ3n) is 2.75. The van der Waals surface area contributed by atoms with E-state index < -0.39 is 0 Å². The largest absolute Gasteiger partial charge is 0.291 e. The highest BCUT2D eigenvalue weighted by Crippen LogP contribution is 2.26. The number of likely N-dealkylation sites (N-methyl/N-ethyl adjacent to an activating group) is 1. The van der Waals surface area contributed by atoms with Crippen molar-refractivity contribution in [2.75, 3.05) is 18.8 Å². The predicted octanol–water partition coefficient (Wildman–Crippen LogP) is 2.92. The lowest BCUT2D eigenvalue weighted by Gasteiger charge is -2.20. The molecule has 1 aromatic rings. The number of Topliss-reactive ketones (excluding diaryl/α,β-unsaturated/α-hetero) is 1. The predicted molar refractivity (Wildman–Crippen MR) is 69.3 cm³/mol. The fraction of sp³-hybridized carbons (Fsp3) is 0.417. The summed E-state index contributed by atoms with van der Waals surface area (Å²) in [6.07, 6.45) is 0. The number of hydrogen-bond donors (Lipinski definition) is 0. The molecule has 1 unspecified atom stereocenters. The number of halogens is 1. The number of ketones is 1. The van der Waals surface area contributed by atoms with Gasteiger partial charge in [0, 0.05) is 22.9 Å². The SMILES string of the molecule is CCN1CCSC1C(=O)c1ccc(Cl)cc1. The summed E-state index contributed by atoms with van der Waals surface area (Å²) >= 11 is 7.53. The molecular formula is C12H14ClNOS. The summed E-state index contributed by atoms with van der Waals surface area (Å²) in [5.41, 5.74) is 0.752. The lowest BCUT2D eigenvalue weighted by atomic mass is 10.1. The number of carbonyl (C=O) groups is 1. The molecule has 0 aliphatic carbocycles. The molecule has 86 valence electrons. The zero-order valence-corrected chi connectivity index (χ0v) is 10.7. The number of thioether (sulfide) groups is 1. The Balaban J connectivity index is 2.15. The number of rotatable bonds is 3. The van der Waals surface area contributed by atoms with Crippen LogP contribution in [0.3, 0.4) is 0 Å². The van der Waals surface area contributed by atoms with Gasteiger partial charge in [-0.3, -0.25) is 9.69 Å². The van der Waals surface area contributed by atoms with E-state index in [0.29, 0.717) is 5.02 Å². The van der Waals surface area contributed by atoms with Crippen LogP contribution in [-0.4, -0.2) is 34.9 Å². The van der Waals surface area contributed by atoms with Crippen molar-refractivity contribution >= 4 is 29.1 Å². The standard InChI is InChI=1S/C12H14ClNOS/c1-2-14-7-8-16-12(14)11(15)9-3-5-10(13)6-4-9/h3-6,12H,2,7-8H2,1H3. The van der Waals surface area contributed by atoms with Crippen LogP contribution in [0.2, 0.25) is 5.02 Å². The summed E-state index contributed by atoms with van der Waals surface area (Å²) in [6.45, 7) is 4.02. The van der Waals surface area contributed by atoms with Crippen molar-refractivity contribution in [2.45, 2.75) is 12.3 Å². The van der Waals surface area contributed by atoms with Gasteiger partial charge in [0.15, 0.2) is 5.78 Å². The van der Waals surface area contributed by atoms with Gasteiger partial charge in [-0.2, -0.15) is 0 Å². The number of carbonyl (C=O) groups excluding carboxylic acids is 1. The molecule has 0 radical (unpaired) electrons. The van der Waals surface area contributed by atoms with Crippen molar-refractivity contribution in [1.82, 2.24) is 4.90 Å². The summed E-state index contributed by atoms with van der Waals surface area (Å²) in [7, 11) is 0. The molecule has 4 heteroatoms. The maximum Gasteiger partial charge on any atom is 0.190 e. The molecule has 0 saturated carbocycles. The van der Waals surface area contributed by atoms with E-state index >= 15 is 0 Å². The molecule has 0 bridgehead atoms. The van der Waals surface area contributed by atoms with Crippen molar-refractivity contribution in [3.63, 3.8) is 0 Å². The second-order valence-electron chi connectivity index (χ2n) is 3.72. The second-order valence-corrected chi connectivity index (χ2v) is 5.35. The van der Waals surface area contributed by atoms with Crippen LogP contribution in [0.4, 0.5) is 0 Å². The van der Waals surface area contributed by atoms with Crippen LogP contribution in [0.15, 0.2) is 24.3 Å². The Morgan fingerprint density at radius 3 is 2.81 bits per heavy atom. The maximum absolute atomic E-state index is 12.2. The summed E-state index contributed by atoms with van der Waals surface area (Å²) in [5, 5.41) is 0.661. The molecule has 2 nitrogen and oxygen atoms in total. The Kier molecular flexibility index (Phi) is 3.90. The molecule has 1 aliphatic heterocycles. The van der Waals surface area contributed by atoms with Crippen molar-refractivity contribution < 1.29 is 4.79 Å². The highest BCUT2D eigenvalue weighted by Gasteiger charge is 2.30. The van der Waals surface area contributed by atoms with Crippen LogP contribution in [0.1, 0.15) is 17.3 Å². The smallest absolute Gasteiger partial charge is 0.190 e. The van der Waals surface area contributed by atoms with E-state index in [1.54, 1.807) is 36.0 Å². The second kappa shape index (κ2) is 5.21. The molecule has 1 aliphatic rings. The topological polar surface area (TPSA) is 20.3 Å². The van der Waals surface area contributed by atoms with E-state index in [1.165, 1.54) is 0 Å². The zero-order chi connectivity index (χ0) is 11.5. The summed E-state index contributed by atoms with van der Waals surface area (Å²) in [6, 6.07) is 7.14. The minimum absolute atomic E-state index is 0.00817. The van der Waals surface area contributed by atoms with Crippen molar-refractivity contribution in [3.8, 4) is 0 Å². The van der Waals surface area contributed by atoms with Crippen LogP contribution < -0.4 is 0 Å². The highest BCUT2D eigenvalue weighted by molar-refractivity contribution is 8.00. The van der Waals surface area contributed by atoms with Gasteiger partial charge in [0.2, 0.25) is 0 Å². The monoisotopic (exact) mass is 255 g/mol. The molecule has 1 aromatic carbocycles. The van der Waals surface area contributed by atoms with E-state index in [4.69, 9.17) is 11.6 Å². The molecule has 1 heterocycles. The molecule has 1 saturated heterocycles. The van der Waals surface area contributed by atoms with Crippen LogP contribution in [0.25, 0.3) is 0 Å². The van der Waals surface area contributed by atoms with Crippen LogP contribution in [0, 0.1) is 0 Å². The maximum atomic E-state index is 12.2. The first-order valence-electron chi connectivity index (χ1n) is 5.38. The zero-order valence-electron chi connectivity index (χ0n) is 9.15. The van der Waals surface area contributed by atoms with Gasteiger partial charge in [-0.15, -0.1) is 11.8 Å². The third kappa shape index (κ3) is 2.42. The average Bonchev–Trinajstić information content (AvgIpc) is 2.77. The van der Waals surface area contributed by atoms with Crippen molar-refractivity contribution in [2.24, 2.45) is 0 Å². The van der Waals surface area contributed by atoms with Crippen molar-refractivity contribution in [1.29, 1.82) is 0 Å². The van der Waals surface area contributed by atoms with Gasteiger partial charge in [0.1, 0.15) is 5.37 Å². The Morgan fingerprint density at radius 2 is 2.19 bits per heavy atom. The lowest BCUT2D eigenvalue weighted by molar-refractivity contribution is 0.0922. The molecule has 0 amide bonds. The van der Waals surface area contributed by atoms with Gasteiger partial charge in [-0.25, -0.2) is 0 Å². The lowest BCUT2D eigenvalue weighted by Crippen LogP contribution is -2.34. The number of nitrogens with zero attached hydrogens (tertiary/aromatic N) is 1. The van der Waals surface area contributed by atoms with Crippen LogP contribution in [-0.2, 0) is 0 Å². The van der Waals surface area contributed by atoms with Crippen LogP contribution in [0.5, 0.6) is 0 Å². The quantitative estimate of drug-likeness (QED) is 0.775. The van der Waals surface area contributed by atoms with Crippen LogP contribution >= 0.6 is 23.4 Å². The minimum Gasteiger partial charge on any atom is -0.291 e. The molecular weight excluding hydrogens is 242 g/mol. The molecule has 1 atom stereocenters. The fourth-order valence-electron chi connectivity index (χ4n) is 1.83.